The number of amides is 1. The SMILES string of the molecule is O=C(NCC1CCCN1)c1ncoc1-c1ccc2c(c1)OCCO2. The summed E-state index contributed by atoms with van der Waals surface area (Å²) in [6.07, 6.45) is 3.51. The molecule has 1 aromatic heterocycles. The number of aromatic nitrogens is 1. The van der Waals surface area contributed by atoms with Gasteiger partial charge in [-0.2, -0.15) is 0 Å². The molecule has 0 radical (unpaired) electrons. The zero-order chi connectivity index (χ0) is 16.4. The first-order chi connectivity index (χ1) is 11.8. The van der Waals surface area contributed by atoms with Crippen molar-refractivity contribution in [3.63, 3.8) is 0 Å². The van der Waals surface area contributed by atoms with Crippen LogP contribution in [0, 0.1) is 0 Å². The van der Waals surface area contributed by atoms with E-state index in [-0.39, 0.29) is 11.6 Å². The molecule has 2 aliphatic rings. The predicted octanol–water partition coefficient (Wildman–Crippen LogP) is 1.59. The Morgan fingerprint density at radius 1 is 1.29 bits per heavy atom. The zero-order valence-corrected chi connectivity index (χ0v) is 13.2. The summed E-state index contributed by atoms with van der Waals surface area (Å²) in [4.78, 5) is 16.5. The summed E-state index contributed by atoms with van der Waals surface area (Å²) < 4.78 is 16.5. The number of ether oxygens (including phenoxy) is 2. The van der Waals surface area contributed by atoms with Crippen LogP contribution in [0.3, 0.4) is 0 Å². The number of hydrogen-bond donors (Lipinski definition) is 2. The van der Waals surface area contributed by atoms with Gasteiger partial charge in [0.1, 0.15) is 13.2 Å². The second-order valence-electron chi connectivity index (χ2n) is 5.89. The van der Waals surface area contributed by atoms with Gasteiger partial charge in [-0.15, -0.1) is 0 Å². The number of rotatable bonds is 4. The Bertz CT molecular complexity index is 737. The molecule has 0 aliphatic carbocycles. The Labute approximate surface area is 139 Å². The monoisotopic (exact) mass is 329 g/mol. The Morgan fingerprint density at radius 2 is 2.17 bits per heavy atom. The van der Waals surface area contributed by atoms with Crippen LogP contribution in [0.2, 0.25) is 0 Å². The van der Waals surface area contributed by atoms with Gasteiger partial charge >= 0.3 is 0 Å². The van der Waals surface area contributed by atoms with E-state index in [1.807, 2.05) is 18.2 Å². The summed E-state index contributed by atoms with van der Waals surface area (Å²) in [5, 5.41) is 6.27. The van der Waals surface area contributed by atoms with Crippen LogP contribution in [-0.4, -0.2) is 43.2 Å². The number of nitrogens with one attached hydrogen (secondary N) is 2. The summed E-state index contributed by atoms with van der Waals surface area (Å²) in [6, 6.07) is 5.79. The van der Waals surface area contributed by atoms with E-state index < -0.39 is 0 Å². The third-order valence-corrected chi connectivity index (χ3v) is 4.26. The number of oxazole rings is 1. The Morgan fingerprint density at radius 3 is 3.00 bits per heavy atom. The minimum atomic E-state index is -0.234. The molecule has 24 heavy (non-hydrogen) atoms. The molecule has 1 atom stereocenters. The molecule has 7 heteroatoms. The fourth-order valence-electron chi connectivity index (χ4n) is 3.03. The molecule has 1 unspecified atom stereocenters. The lowest BCUT2D eigenvalue weighted by Crippen LogP contribution is -2.37. The molecule has 1 aromatic carbocycles. The molecule has 2 aliphatic heterocycles. The third-order valence-electron chi connectivity index (χ3n) is 4.26. The van der Waals surface area contributed by atoms with E-state index >= 15 is 0 Å². The maximum atomic E-state index is 12.4. The van der Waals surface area contributed by atoms with Crippen molar-refractivity contribution in [3.8, 4) is 22.8 Å². The first-order valence-electron chi connectivity index (χ1n) is 8.16. The van der Waals surface area contributed by atoms with E-state index in [1.165, 1.54) is 6.39 Å². The molecular formula is C17H19N3O4. The van der Waals surface area contributed by atoms with Crippen LogP contribution in [0.5, 0.6) is 11.5 Å². The van der Waals surface area contributed by atoms with Gasteiger partial charge in [-0.05, 0) is 37.6 Å². The van der Waals surface area contributed by atoms with Crippen molar-refractivity contribution < 1.29 is 18.7 Å². The molecule has 0 bridgehead atoms. The van der Waals surface area contributed by atoms with Crippen molar-refractivity contribution in [1.29, 1.82) is 0 Å². The smallest absolute Gasteiger partial charge is 0.273 e. The summed E-state index contributed by atoms with van der Waals surface area (Å²) in [7, 11) is 0. The van der Waals surface area contributed by atoms with E-state index in [0.717, 1.165) is 24.9 Å². The molecule has 2 aromatic rings. The molecule has 2 N–H and O–H groups in total. The fraction of sp³-hybridized carbons (Fsp3) is 0.412. The topological polar surface area (TPSA) is 85.6 Å². The van der Waals surface area contributed by atoms with Crippen LogP contribution in [0.1, 0.15) is 23.3 Å². The van der Waals surface area contributed by atoms with Gasteiger partial charge in [0.15, 0.2) is 29.3 Å². The zero-order valence-electron chi connectivity index (χ0n) is 13.2. The standard InChI is InChI=1S/C17H19N3O4/c21-17(19-9-12-2-1-5-18-12)15-16(24-10-20-15)11-3-4-13-14(8-11)23-7-6-22-13/h3-4,8,10,12,18H,1-2,5-7,9H2,(H,19,21). The number of nitrogens with zero attached hydrogens (tertiary/aromatic N) is 1. The summed E-state index contributed by atoms with van der Waals surface area (Å²) in [5.41, 5.74) is 1.02. The summed E-state index contributed by atoms with van der Waals surface area (Å²) in [6.45, 7) is 2.64. The molecule has 3 heterocycles. The highest BCUT2D eigenvalue weighted by atomic mass is 16.6. The number of carbonyl (C=O) groups excluding carboxylic acids is 1. The van der Waals surface area contributed by atoms with Crippen molar-refractivity contribution in [2.45, 2.75) is 18.9 Å². The molecule has 0 spiro atoms. The lowest BCUT2D eigenvalue weighted by atomic mass is 10.1. The van der Waals surface area contributed by atoms with Crippen molar-refractivity contribution in [3.05, 3.63) is 30.3 Å². The van der Waals surface area contributed by atoms with Gasteiger partial charge in [0.05, 0.1) is 0 Å². The lowest BCUT2D eigenvalue weighted by molar-refractivity contribution is 0.0946. The molecule has 0 saturated carbocycles. The normalized spacial score (nSPS) is 19.2. The Balaban J connectivity index is 1.52. The van der Waals surface area contributed by atoms with Gasteiger partial charge in [-0.3, -0.25) is 4.79 Å². The predicted molar refractivity (Wildman–Crippen MR) is 86.3 cm³/mol. The van der Waals surface area contributed by atoms with Gasteiger partial charge in [-0.25, -0.2) is 4.98 Å². The summed E-state index contributed by atoms with van der Waals surface area (Å²) >= 11 is 0. The van der Waals surface area contributed by atoms with Crippen LogP contribution in [-0.2, 0) is 0 Å². The van der Waals surface area contributed by atoms with E-state index in [9.17, 15) is 4.79 Å². The first-order valence-corrected chi connectivity index (χ1v) is 8.16. The van der Waals surface area contributed by atoms with E-state index in [4.69, 9.17) is 13.9 Å². The average Bonchev–Trinajstić information content (AvgIpc) is 3.31. The molecule has 1 fully saturated rings. The van der Waals surface area contributed by atoms with Gasteiger partial charge in [0, 0.05) is 18.2 Å². The quantitative estimate of drug-likeness (QED) is 0.886. The van der Waals surface area contributed by atoms with Gasteiger partial charge < -0.3 is 24.5 Å². The second kappa shape index (κ2) is 6.52. The Hall–Kier alpha value is -2.54. The molecule has 126 valence electrons. The van der Waals surface area contributed by atoms with E-state index in [0.29, 0.717) is 43.1 Å². The highest BCUT2D eigenvalue weighted by Gasteiger charge is 2.22. The number of fused-ring (bicyclic) bond motifs is 1. The molecule has 1 amide bonds. The largest absolute Gasteiger partial charge is 0.486 e. The van der Waals surface area contributed by atoms with Crippen LogP contribution < -0.4 is 20.1 Å². The van der Waals surface area contributed by atoms with Gasteiger partial charge in [-0.1, -0.05) is 0 Å². The molecular weight excluding hydrogens is 310 g/mol. The highest BCUT2D eigenvalue weighted by Crippen LogP contribution is 2.35. The molecule has 1 saturated heterocycles. The maximum absolute atomic E-state index is 12.4. The van der Waals surface area contributed by atoms with Crippen molar-refractivity contribution >= 4 is 5.91 Å². The van der Waals surface area contributed by atoms with Crippen LogP contribution in [0.25, 0.3) is 11.3 Å². The average molecular weight is 329 g/mol. The van der Waals surface area contributed by atoms with E-state index in [1.54, 1.807) is 0 Å². The van der Waals surface area contributed by atoms with Crippen molar-refractivity contribution in [2.75, 3.05) is 26.3 Å². The maximum Gasteiger partial charge on any atom is 0.273 e. The van der Waals surface area contributed by atoms with Crippen molar-refractivity contribution in [2.24, 2.45) is 0 Å². The second-order valence-corrected chi connectivity index (χ2v) is 5.89. The number of hydrogen-bond acceptors (Lipinski definition) is 6. The minimum absolute atomic E-state index is 0.234. The van der Waals surface area contributed by atoms with Crippen LogP contribution in [0.15, 0.2) is 29.0 Å². The molecule has 4 rings (SSSR count). The van der Waals surface area contributed by atoms with Crippen LogP contribution in [0.4, 0.5) is 0 Å². The fourth-order valence-corrected chi connectivity index (χ4v) is 3.03. The Kier molecular flexibility index (Phi) is 4.08. The minimum Gasteiger partial charge on any atom is -0.486 e. The molecule has 7 nitrogen and oxygen atoms in total. The number of benzene rings is 1. The lowest BCUT2D eigenvalue weighted by Gasteiger charge is -2.18. The van der Waals surface area contributed by atoms with Gasteiger partial charge in [0.2, 0.25) is 0 Å². The van der Waals surface area contributed by atoms with Crippen molar-refractivity contribution in [1.82, 2.24) is 15.6 Å². The van der Waals surface area contributed by atoms with E-state index in [2.05, 4.69) is 15.6 Å². The summed E-state index contributed by atoms with van der Waals surface area (Å²) in [5.74, 6) is 1.55. The third kappa shape index (κ3) is 2.94. The highest BCUT2D eigenvalue weighted by molar-refractivity contribution is 5.97. The van der Waals surface area contributed by atoms with Crippen LogP contribution >= 0.6 is 0 Å². The number of carbonyl (C=O) groups is 1. The first kappa shape index (κ1) is 15.0. The van der Waals surface area contributed by atoms with Gasteiger partial charge in [0.25, 0.3) is 5.91 Å².